The number of hydrogen-bond donors (Lipinski definition) is 0. The lowest BCUT2D eigenvalue weighted by Gasteiger charge is -2.35. The monoisotopic (exact) mass is 533 g/mol. The van der Waals surface area contributed by atoms with Gasteiger partial charge in [-0.2, -0.15) is 4.98 Å². The lowest BCUT2D eigenvalue weighted by Crippen LogP contribution is -2.51. The van der Waals surface area contributed by atoms with E-state index >= 15 is 0 Å². The second-order valence-electron chi connectivity index (χ2n) is 10.6. The van der Waals surface area contributed by atoms with E-state index < -0.39 is 11.7 Å². The van der Waals surface area contributed by atoms with Crippen LogP contribution < -0.4 is 9.64 Å². The molecule has 1 saturated heterocycles. The molecule has 1 fully saturated rings. The largest absolute Gasteiger partial charge is 0.472 e. The van der Waals surface area contributed by atoms with Gasteiger partial charge in [-0.1, -0.05) is 30.3 Å². The lowest BCUT2D eigenvalue weighted by atomic mass is 10.2. The molecule has 1 aromatic heterocycles. The van der Waals surface area contributed by atoms with Crippen molar-refractivity contribution in [1.82, 2.24) is 19.8 Å². The third-order valence-electron chi connectivity index (χ3n) is 6.61. The molecule has 204 valence electrons. The van der Waals surface area contributed by atoms with Crippen molar-refractivity contribution in [2.45, 2.75) is 39.4 Å². The summed E-state index contributed by atoms with van der Waals surface area (Å²) in [6, 6.07) is 14.1. The highest BCUT2D eigenvalue weighted by Gasteiger charge is 2.31. The Morgan fingerprint density at radius 2 is 1.64 bits per heavy atom. The normalized spacial score (nSPS) is 15.2. The van der Waals surface area contributed by atoms with Gasteiger partial charge in [0.15, 0.2) is 0 Å². The third-order valence-corrected chi connectivity index (χ3v) is 6.61. The van der Waals surface area contributed by atoms with E-state index in [1.807, 2.05) is 43.9 Å². The molecule has 39 heavy (non-hydrogen) atoms. The van der Waals surface area contributed by atoms with Gasteiger partial charge >= 0.3 is 6.09 Å². The molecule has 2 aliphatic heterocycles. The van der Waals surface area contributed by atoms with Gasteiger partial charge < -0.3 is 24.2 Å². The SMILES string of the molecule is CC(C)(C)OC(=O)N1CCN(C(=O)c2cnc(N3CCc4ccccc43)nc2OCc2ccc(F)cc2)CC1. The Kier molecular flexibility index (Phi) is 7.36. The molecular formula is C29H32FN5O4. The topological polar surface area (TPSA) is 88.1 Å². The van der Waals surface area contributed by atoms with Crippen LogP contribution in [0.3, 0.4) is 0 Å². The molecule has 5 rings (SSSR count). The molecule has 0 unspecified atom stereocenters. The van der Waals surface area contributed by atoms with Crippen LogP contribution in [0.15, 0.2) is 54.7 Å². The first kappa shape index (κ1) is 26.4. The zero-order chi connectivity index (χ0) is 27.6. The molecule has 3 heterocycles. The average molecular weight is 534 g/mol. The summed E-state index contributed by atoms with van der Waals surface area (Å²) < 4.78 is 24.9. The number of benzene rings is 2. The predicted octanol–water partition coefficient (Wildman–Crippen LogP) is 4.58. The maximum Gasteiger partial charge on any atom is 0.410 e. The van der Waals surface area contributed by atoms with Crippen molar-refractivity contribution in [1.29, 1.82) is 0 Å². The third kappa shape index (κ3) is 6.10. The highest BCUT2D eigenvalue weighted by Crippen LogP contribution is 2.33. The van der Waals surface area contributed by atoms with Crippen molar-refractivity contribution in [3.05, 3.63) is 77.2 Å². The Hall–Kier alpha value is -4.21. The minimum absolute atomic E-state index is 0.111. The number of anilines is 2. The molecular weight excluding hydrogens is 501 g/mol. The van der Waals surface area contributed by atoms with Crippen LogP contribution in [0.25, 0.3) is 0 Å². The van der Waals surface area contributed by atoms with Gasteiger partial charge in [0.1, 0.15) is 23.6 Å². The molecule has 2 amide bonds. The first-order valence-electron chi connectivity index (χ1n) is 13.0. The van der Waals surface area contributed by atoms with Crippen LogP contribution in [0.4, 0.5) is 20.8 Å². The predicted molar refractivity (Wildman–Crippen MR) is 144 cm³/mol. The molecule has 0 bridgehead atoms. The molecule has 0 saturated carbocycles. The second kappa shape index (κ2) is 10.9. The van der Waals surface area contributed by atoms with Crippen molar-refractivity contribution < 1.29 is 23.5 Å². The van der Waals surface area contributed by atoms with Gasteiger partial charge in [0, 0.05) is 44.6 Å². The Morgan fingerprint density at radius 1 is 0.949 bits per heavy atom. The van der Waals surface area contributed by atoms with Crippen molar-refractivity contribution in [2.75, 3.05) is 37.6 Å². The van der Waals surface area contributed by atoms with Crippen molar-refractivity contribution in [3.8, 4) is 5.88 Å². The van der Waals surface area contributed by atoms with Gasteiger partial charge in [0.2, 0.25) is 11.8 Å². The number of rotatable bonds is 5. The summed E-state index contributed by atoms with van der Waals surface area (Å²) in [5.41, 5.74) is 2.62. The van der Waals surface area contributed by atoms with Crippen LogP contribution in [0.2, 0.25) is 0 Å². The van der Waals surface area contributed by atoms with Gasteiger partial charge in [-0.15, -0.1) is 0 Å². The maximum atomic E-state index is 13.6. The number of halogens is 1. The van der Waals surface area contributed by atoms with Crippen LogP contribution in [-0.2, 0) is 17.8 Å². The molecule has 2 aliphatic rings. The van der Waals surface area contributed by atoms with Crippen LogP contribution in [0, 0.1) is 5.82 Å². The Morgan fingerprint density at radius 3 is 2.36 bits per heavy atom. The summed E-state index contributed by atoms with van der Waals surface area (Å²) in [5, 5.41) is 0. The van der Waals surface area contributed by atoms with Crippen LogP contribution in [-0.4, -0.2) is 70.1 Å². The van der Waals surface area contributed by atoms with Gasteiger partial charge in [-0.05, 0) is 56.5 Å². The summed E-state index contributed by atoms with van der Waals surface area (Å²) in [4.78, 5) is 40.5. The first-order chi connectivity index (χ1) is 18.7. The molecule has 9 nitrogen and oxygen atoms in total. The van der Waals surface area contributed by atoms with Gasteiger partial charge in [0.05, 0.1) is 0 Å². The van der Waals surface area contributed by atoms with Crippen molar-refractivity contribution >= 4 is 23.6 Å². The van der Waals surface area contributed by atoms with E-state index in [9.17, 15) is 14.0 Å². The number of carbonyl (C=O) groups is 2. The molecule has 0 radical (unpaired) electrons. The van der Waals surface area contributed by atoms with Gasteiger partial charge in [-0.3, -0.25) is 4.79 Å². The van der Waals surface area contributed by atoms with Crippen LogP contribution >= 0.6 is 0 Å². The fraction of sp³-hybridized carbons (Fsp3) is 0.379. The zero-order valence-electron chi connectivity index (χ0n) is 22.4. The molecule has 0 N–H and O–H groups in total. The maximum absolute atomic E-state index is 13.6. The number of carbonyl (C=O) groups excluding carboxylic acids is 2. The lowest BCUT2D eigenvalue weighted by molar-refractivity contribution is 0.0140. The molecule has 10 heteroatoms. The van der Waals surface area contributed by atoms with E-state index in [1.54, 1.807) is 21.9 Å². The van der Waals surface area contributed by atoms with Crippen LogP contribution in [0.1, 0.15) is 42.3 Å². The molecule has 0 atom stereocenters. The Bertz CT molecular complexity index is 1350. The standard InChI is InChI=1S/C29H32FN5O4/c1-29(2,3)39-28(37)34-16-14-33(15-17-34)26(36)23-18-31-27(35-13-12-21-6-4-5-7-24(21)35)32-25(23)38-19-20-8-10-22(30)11-9-20/h4-11,18H,12-17,19H2,1-3H3. The minimum atomic E-state index is -0.588. The Balaban J connectivity index is 1.36. The summed E-state index contributed by atoms with van der Waals surface area (Å²) in [5.74, 6) is -0.00731. The quantitative estimate of drug-likeness (QED) is 0.474. The van der Waals surface area contributed by atoms with E-state index in [-0.39, 0.29) is 29.8 Å². The molecule has 0 aliphatic carbocycles. The molecule has 2 aromatic carbocycles. The molecule has 0 spiro atoms. The number of aromatic nitrogens is 2. The number of para-hydroxylation sites is 1. The van der Waals surface area contributed by atoms with E-state index in [4.69, 9.17) is 9.47 Å². The second-order valence-corrected chi connectivity index (χ2v) is 10.6. The highest BCUT2D eigenvalue weighted by atomic mass is 19.1. The van der Waals surface area contributed by atoms with Crippen molar-refractivity contribution in [3.63, 3.8) is 0 Å². The number of piperazine rings is 1. The Labute approximate surface area is 227 Å². The number of hydrogen-bond acceptors (Lipinski definition) is 7. The van der Waals surface area contributed by atoms with E-state index in [1.165, 1.54) is 23.9 Å². The number of fused-ring (bicyclic) bond motifs is 1. The van der Waals surface area contributed by atoms with E-state index in [2.05, 4.69) is 16.0 Å². The average Bonchev–Trinajstić information content (AvgIpc) is 3.36. The first-order valence-corrected chi connectivity index (χ1v) is 13.0. The van der Waals surface area contributed by atoms with Gasteiger partial charge in [-0.25, -0.2) is 14.2 Å². The fourth-order valence-electron chi connectivity index (χ4n) is 4.61. The number of nitrogens with zero attached hydrogens (tertiary/aromatic N) is 5. The number of ether oxygens (including phenoxy) is 2. The van der Waals surface area contributed by atoms with Gasteiger partial charge in [0.25, 0.3) is 5.91 Å². The summed E-state index contributed by atoms with van der Waals surface area (Å²) in [6.45, 7) is 7.70. The van der Waals surface area contributed by atoms with E-state index in [0.29, 0.717) is 32.1 Å². The zero-order valence-corrected chi connectivity index (χ0v) is 22.4. The number of amides is 2. The fourth-order valence-corrected chi connectivity index (χ4v) is 4.61. The minimum Gasteiger partial charge on any atom is -0.472 e. The summed E-state index contributed by atoms with van der Waals surface area (Å²) in [6.07, 6.45) is 1.98. The highest BCUT2D eigenvalue weighted by molar-refractivity contribution is 5.96. The van der Waals surface area contributed by atoms with Crippen molar-refractivity contribution in [2.24, 2.45) is 0 Å². The smallest absolute Gasteiger partial charge is 0.410 e. The molecule has 3 aromatic rings. The van der Waals surface area contributed by atoms with E-state index in [0.717, 1.165) is 24.2 Å². The summed E-state index contributed by atoms with van der Waals surface area (Å²) >= 11 is 0. The summed E-state index contributed by atoms with van der Waals surface area (Å²) in [7, 11) is 0. The van der Waals surface area contributed by atoms with Crippen LogP contribution in [0.5, 0.6) is 5.88 Å².